The van der Waals surface area contributed by atoms with Gasteiger partial charge in [0, 0.05) is 21.6 Å². The van der Waals surface area contributed by atoms with Gasteiger partial charge in [0.2, 0.25) is 0 Å². The van der Waals surface area contributed by atoms with E-state index in [0.717, 1.165) is 27.4 Å². The molecule has 4 aromatic carbocycles. The number of nitrogens with zero attached hydrogens (tertiary/aromatic N) is 1. The highest BCUT2D eigenvalue weighted by atomic mass is 16.4. The Balaban J connectivity index is 1.72. The Hall–Kier alpha value is -3.34. The summed E-state index contributed by atoms with van der Waals surface area (Å²) in [4.78, 5) is 0. The zero-order valence-corrected chi connectivity index (χ0v) is 19.8. The van der Waals surface area contributed by atoms with Crippen LogP contribution in [0.15, 0.2) is 72.8 Å². The zero-order valence-electron chi connectivity index (χ0n) is 19.8. The SMILES string of the molecule is CC1(C)c2ccccc2-c2cc3c(cc21)c1cc(B(O)O)cc2c1n3-c1ccccc1C2(C)C. The van der Waals surface area contributed by atoms with Crippen molar-refractivity contribution in [1.82, 2.24) is 4.57 Å². The number of aromatic nitrogens is 1. The van der Waals surface area contributed by atoms with Crippen LogP contribution in [-0.4, -0.2) is 21.7 Å². The van der Waals surface area contributed by atoms with Crippen molar-refractivity contribution in [3.05, 3.63) is 95.1 Å². The molecular weight excluding hydrogens is 417 g/mol. The average molecular weight is 443 g/mol. The Morgan fingerprint density at radius 1 is 0.647 bits per heavy atom. The standard InChI is InChI=1S/C30H26BNO2/c1-29(2)22-10-6-5-9-18(22)19-16-27-20(15-24(19)29)21-13-17(31(33)34)14-25-28(21)32(27)26-12-8-7-11-23(26)30(25,3)4/h5-16,33-34H,1-4H3. The molecular formula is C30H26BNO2. The fourth-order valence-corrected chi connectivity index (χ4v) is 6.58. The van der Waals surface area contributed by atoms with Gasteiger partial charge in [-0.2, -0.15) is 0 Å². The van der Waals surface area contributed by atoms with Gasteiger partial charge in [-0.1, -0.05) is 82.3 Å². The number of rotatable bonds is 1. The van der Waals surface area contributed by atoms with Crippen molar-refractivity contribution in [1.29, 1.82) is 0 Å². The fourth-order valence-electron chi connectivity index (χ4n) is 6.58. The summed E-state index contributed by atoms with van der Waals surface area (Å²) in [6.45, 7) is 9.06. The first-order valence-electron chi connectivity index (χ1n) is 11.9. The molecule has 0 bridgehead atoms. The normalized spacial score (nSPS) is 16.4. The first-order valence-corrected chi connectivity index (χ1v) is 11.9. The van der Waals surface area contributed by atoms with E-state index in [9.17, 15) is 10.0 Å². The Morgan fingerprint density at radius 3 is 2.09 bits per heavy atom. The fraction of sp³-hybridized carbons (Fsp3) is 0.200. The molecule has 0 saturated carbocycles. The van der Waals surface area contributed by atoms with Crippen LogP contribution in [0.1, 0.15) is 49.9 Å². The average Bonchev–Trinajstić information content (AvgIpc) is 3.26. The summed E-state index contributed by atoms with van der Waals surface area (Å²) >= 11 is 0. The maximum absolute atomic E-state index is 10.2. The van der Waals surface area contributed by atoms with Crippen LogP contribution in [0, 0.1) is 0 Å². The largest absolute Gasteiger partial charge is 0.488 e. The lowest BCUT2D eigenvalue weighted by molar-refractivity contribution is 0.425. The molecule has 0 radical (unpaired) electrons. The van der Waals surface area contributed by atoms with Gasteiger partial charge in [-0.15, -0.1) is 0 Å². The minimum Gasteiger partial charge on any atom is -0.423 e. The van der Waals surface area contributed by atoms with Crippen LogP contribution in [-0.2, 0) is 10.8 Å². The second-order valence-electron chi connectivity index (χ2n) is 10.9. The molecule has 1 aliphatic heterocycles. The van der Waals surface area contributed by atoms with Crippen molar-refractivity contribution in [3.8, 4) is 16.8 Å². The summed E-state index contributed by atoms with van der Waals surface area (Å²) < 4.78 is 2.39. The van der Waals surface area contributed by atoms with E-state index in [2.05, 4.69) is 92.9 Å². The van der Waals surface area contributed by atoms with Crippen LogP contribution in [0.4, 0.5) is 0 Å². The molecule has 0 saturated heterocycles. The van der Waals surface area contributed by atoms with E-state index in [0.29, 0.717) is 5.46 Å². The summed E-state index contributed by atoms with van der Waals surface area (Å²) in [5.41, 5.74) is 11.3. The third kappa shape index (κ3) is 2.25. The molecule has 2 aliphatic rings. The maximum Gasteiger partial charge on any atom is 0.488 e. The lowest BCUT2D eigenvalue weighted by Crippen LogP contribution is -2.33. The summed E-state index contributed by atoms with van der Waals surface area (Å²) in [6.07, 6.45) is 0. The molecule has 0 spiro atoms. The minimum atomic E-state index is -1.51. The van der Waals surface area contributed by atoms with Gasteiger partial charge in [-0.3, -0.25) is 0 Å². The second-order valence-corrected chi connectivity index (χ2v) is 10.9. The van der Waals surface area contributed by atoms with E-state index >= 15 is 0 Å². The summed E-state index contributed by atoms with van der Waals surface area (Å²) in [5, 5.41) is 22.6. The number of fused-ring (bicyclic) bond motifs is 8. The Kier molecular flexibility index (Phi) is 3.66. The van der Waals surface area contributed by atoms with E-state index in [1.165, 1.54) is 33.5 Å². The second kappa shape index (κ2) is 6.21. The lowest BCUT2D eigenvalue weighted by Gasteiger charge is -2.35. The zero-order chi connectivity index (χ0) is 23.6. The quantitative estimate of drug-likeness (QED) is 0.341. The van der Waals surface area contributed by atoms with Crippen LogP contribution in [0.25, 0.3) is 38.6 Å². The predicted octanol–water partition coefficient (Wildman–Crippen LogP) is 5.41. The van der Waals surface area contributed by atoms with Gasteiger partial charge in [0.1, 0.15) is 0 Å². The molecule has 2 heterocycles. The third-order valence-electron chi connectivity index (χ3n) is 8.38. The van der Waals surface area contributed by atoms with Gasteiger partial charge >= 0.3 is 7.12 Å². The van der Waals surface area contributed by atoms with Crippen LogP contribution < -0.4 is 5.46 Å². The monoisotopic (exact) mass is 443 g/mol. The Labute approximate surface area is 199 Å². The summed E-state index contributed by atoms with van der Waals surface area (Å²) in [7, 11) is -1.51. The van der Waals surface area contributed by atoms with Gasteiger partial charge in [-0.25, -0.2) is 0 Å². The maximum atomic E-state index is 10.2. The van der Waals surface area contributed by atoms with Gasteiger partial charge in [0.05, 0.1) is 16.7 Å². The molecule has 0 amide bonds. The summed E-state index contributed by atoms with van der Waals surface area (Å²) in [6, 6.07) is 26.0. The lowest BCUT2D eigenvalue weighted by atomic mass is 9.70. The Morgan fingerprint density at radius 2 is 1.32 bits per heavy atom. The van der Waals surface area contributed by atoms with E-state index < -0.39 is 7.12 Å². The van der Waals surface area contributed by atoms with E-state index in [1.54, 1.807) is 0 Å². The van der Waals surface area contributed by atoms with Gasteiger partial charge in [0.25, 0.3) is 0 Å². The number of para-hydroxylation sites is 1. The van der Waals surface area contributed by atoms with E-state index in [-0.39, 0.29) is 10.8 Å². The van der Waals surface area contributed by atoms with Crippen molar-refractivity contribution in [3.63, 3.8) is 0 Å². The molecule has 3 nitrogen and oxygen atoms in total. The van der Waals surface area contributed by atoms with Crippen LogP contribution in [0.5, 0.6) is 0 Å². The molecule has 0 atom stereocenters. The van der Waals surface area contributed by atoms with Gasteiger partial charge < -0.3 is 14.6 Å². The Bertz CT molecular complexity index is 1690. The molecule has 1 aromatic heterocycles. The number of hydrogen-bond acceptors (Lipinski definition) is 2. The smallest absolute Gasteiger partial charge is 0.423 e. The highest BCUT2D eigenvalue weighted by Crippen LogP contribution is 2.53. The molecule has 5 aromatic rings. The molecule has 0 fully saturated rings. The van der Waals surface area contributed by atoms with Crippen molar-refractivity contribution >= 4 is 34.4 Å². The van der Waals surface area contributed by atoms with E-state index in [1.807, 2.05) is 12.1 Å². The first kappa shape index (κ1) is 20.1. The molecule has 0 unspecified atom stereocenters. The van der Waals surface area contributed by atoms with Crippen molar-refractivity contribution in [2.24, 2.45) is 0 Å². The highest BCUT2D eigenvalue weighted by molar-refractivity contribution is 6.59. The topological polar surface area (TPSA) is 45.4 Å². The molecule has 34 heavy (non-hydrogen) atoms. The van der Waals surface area contributed by atoms with Gasteiger partial charge in [0.15, 0.2) is 0 Å². The number of hydrogen-bond donors (Lipinski definition) is 2. The minimum absolute atomic E-state index is 0.0944. The van der Waals surface area contributed by atoms with Crippen LogP contribution >= 0.6 is 0 Å². The molecule has 1 aliphatic carbocycles. The van der Waals surface area contributed by atoms with Crippen molar-refractivity contribution < 1.29 is 10.0 Å². The molecule has 4 heteroatoms. The first-order chi connectivity index (χ1) is 16.2. The van der Waals surface area contributed by atoms with Crippen molar-refractivity contribution in [2.45, 2.75) is 38.5 Å². The third-order valence-corrected chi connectivity index (χ3v) is 8.38. The predicted molar refractivity (Wildman–Crippen MR) is 140 cm³/mol. The van der Waals surface area contributed by atoms with Crippen molar-refractivity contribution in [2.75, 3.05) is 0 Å². The van der Waals surface area contributed by atoms with Crippen LogP contribution in [0.2, 0.25) is 0 Å². The molecule has 166 valence electrons. The summed E-state index contributed by atoms with van der Waals surface area (Å²) in [5.74, 6) is 0. The number of benzene rings is 4. The molecule has 7 rings (SSSR count). The van der Waals surface area contributed by atoms with E-state index in [4.69, 9.17) is 0 Å². The highest BCUT2D eigenvalue weighted by Gasteiger charge is 2.39. The molecule has 2 N–H and O–H groups in total. The van der Waals surface area contributed by atoms with Gasteiger partial charge in [-0.05, 0) is 57.0 Å². The van der Waals surface area contributed by atoms with Crippen LogP contribution in [0.3, 0.4) is 0 Å².